The van der Waals surface area contributed by atoms with Crippen LogP contribution in [-0.2, 0) is 6.42 Å². The molecule has 0 spiro atoms. The summed E-state index contributed by atoms with van der Waals surface area (Å²) in [6.07, 6.45) is 5.23. The first-order chi connectivity index (χ1) is 31.2. The Balaban J connectivity index is 0.802. The Bertz CT molecular complexity index is 3250. The largest absolute Gasteiger partial charge is 0.317 e. The summed E-state index contributed by atoms with van der Waals surface area (Å²) in [4.78, 5) is 2.32. The van der Waals surface area contributed by atoms with Crippen LogP contribution in [0.4, 0.5) is 17.1 Å². The normalized spacial score (nSPS) is 11.8. The molecule has 1 unspecified atom stereocenters. The van der Waals surface area contributed by atoms with E-state index in [1.807, 2.05) is 0 Å². The molecular weight excluding hydrogens is 763 g/mol. The lowest BCUT2D eigenvalue weighted by molar-refractivity contribution is 0.804. The summed E-state index contributed by atoms with van der Waals surface area (Å²) >= 11 is 0. The summed E-state index contributed by atoms with van der Waals surface area (Å²) in [6.45, 7) is 0. The summed E-state index contributed by atoms with van der Waals surface area (Å²) in [5, 5.41) is 2.49. The second-order valence-corrected chi connectivity index (χ2v) is 16.3. The van der Waals surface area contributed by atoms with Crippen LogP contribution in [0, 0.1) is 0 Å². The summed E-state index contributed by atoms with van der Waals surface area (Å²) < 4.78 is 4.52. The quantitative estimate of drug-likeness (QED) is 0.127. The van der Waals surface area contributed by atoms with Crippen molar-refractivity contribution < 1.29 is 0 Å². The fraction of sp³-hybridized carbons (Fsp3) is 0.0333. The minimum absolute atomic E-state index is 0.245. The van der Waals surface area contributed by atoms with Crippen molar-refractivity contribution in [1.29, 1.82) is 0 Å². The molecule has 0 N–H and O–H groups in total. The standard InChI is InChI=1S/C60H45N3/c1-3-11-49(12-4-1)58(50-29-31-53(32-30-50)61-41-39-51-13-7-9-17-59(51)61)43-44-19-21-45(22-20-44)46-23-25-47(26-24-46)48-27-33-56(34-28-48)63(55-15-5-2-6-16-55)57-37-35-54(36-38-57)62-42-40-52-14-8-10-18-60(52)62/h1-42,58H,43H2. The zero-order chi connectivity index (χ0) is 42.0. The lowest BCUT2D eigenvalue weighted by Crippen LogP contribution is -2.09. The molecule has 0 aliphatic heterocycles. The number of fused-ring (bicyclic) bond motifs is 2. The Morgan fingerprint density at radius 3 is 1.22 bits per heavy atom. The fourth-order valence-corrected chi connectivity index (χ4v) is 9.11. The fourth-order valence-electron chi connectivity index (χ4n) is 9.11. The molecule has 9 aromatic carbocycles. The number of para-hydroxylation sites is 3. The van der Waals surface area contributed by atoms with Gasteiger partial charge in [0.1, 0.15) is 0 Å². The van der Waals surface area contributed by atoms with Crippen molar-refractivity contribution in [3.8, 4) is 33.6 Å². The van der Waals surface area contributed by atoms with Crippen LogP contribution < -0.4 is 4.90 Å². The first-order valence-electron chi connectivity index (χ1n) is 21.7. The van der Waals surface area contributed by atoms with E-state index in [9.17, 15) is 0 Å². The van der Waals surface area contributed by atoms with Crippen LogP contribution in [-0.4, -0.2) is 9.13 Å². The van der Waals surface area contributed by atoms with Gasteiger partial charge < -0.3 is 14.0 Å². The Morgan fingerprint density at radius 1 is 0.317 bits per heavy atom. The van der Waals surface area contributed by atoms with Crippen LogP contribution in [0.15, 0.2) is 255 Å². The third-order valence-corrected chi connectivity index (χ3v) is 12.4. The zero-order valence-electron chi connectivity index (χ0n) is 34.9. The molecule has 0 bridgehead atoms. The van der Waals surface area contributed by atoms with Gasteiger partial charge in [-0.3, -0.25) is 0 Å². The molecule has 0 saturated carbocycles. The molecule has 300 valence electrons. The van der Waals surface area contributed by atoms with Gasteiger partial charge in [0.25, 0.3) is 0 Å². The van der Waals surface area contributed by atoms with E-state index < -0.39 is 0 Å². The highest BCUT2D eigenvalue weighted by atomic mass is 15.1. The van der Waals surface area contributed by atoms with Gasteiger partial charge in [0.05, 0.1) is 11.0 Å². The number of hydrogen-bond acceptors (Lipinski definition) is 1. The van der Waals surface area contributed by atoms with Crippen molar-refractivity contribution in [2.75, 3.05) is 4.90 Å². The van der Waals surface area contributed by atoms with E-state index in [4.69, 9.17) is 0 Å². The topological polar surface area (TPSA) is 13.1 Å². The van der Waals surface area contributed by atoms with E-state index in [0.717, 1.165) is 29.2 Å². The molecule has 3 nitrogen and oxygen atoms in total. The van der Waals surface area contributed by atoms with Crippen molar-refractivity contribution in [1.82, 2.24) is 9.13 Å². The lowest BCUT2D eigenvalue weighted by Gasteiger charge is -2.26. The van der Waals surface area contributed by atoms with Gasteiger partial charge in [-0.15, -0.1) is 0 Å². The zero-order valence-corrected chi connectivity index (χ0v) is 34.9. The van der Waals surface area contributed by atoms with Crippen LogP contribution in [0.1, 0.15) is 22.6 Å². The van der Waals surface area contributed by atoms with Crippen LogP contribution in [0.25, 0.3) is 55.4 Å². The summed E-state index contributed by atoms with van der Waals surface area (Å²) in [5.41, 5.74) is 16.8. The highest BCUT2D eigenvalue weighted by Gasteiger charge is 2.17. The van der Waals surface area contributed by atoms with Gasteiger partial charge in [0, 0.05) is 46.7 Å². The summed E-state index contributed by atoms with van der Waals surface area (Å²) in [6, 6.07) is 87.9. The average molecular weight is 808 g/mol. The molecule has 63 heavy (non-hydrogen) atoms. The molecule has 2 heterocycles. The van der Waals surface area contributed by atoms with E-state index >= 15 is 0 Å². The van der Waals surface area contributed by atoms with Gasteiger partial charge in [-0.05, 0) is 141 Å². The molecule has 0 amide bonds. The smallest absolute Gasteiger partial charge is 0.0528 e. The molecule has 0 aliphatic carbocycles. The highest BCUT2D eigenvalue weighted by Crippen LogP contribution is 2.37. The van der Waals surface area contributed by atoms with Crippen molar-refractivity contribution in [3.05, 3.63) is 272 Å². The van der Waals surface area contributed by atoms with Crippen LogP contribution in [0.5, 0.6) is 0 Å². The van der Waals surface area contributed by atoms with E-state index in [0.29, 0.717) is 0 Å². The number of benzene rings is 9. The summed E-state index contributed by atoms with van der Waals surface area (Å²) in [5.74, 6) is 0.245. The second kappa shape index (κ2) is 16.7. The second-order valence-electron chi connectivity index (χ2n) is 16.3. The van der Waals surface area contributed by atoms with Crippen molar-refractivity contribution >= 4 is 38.9 Å². The molecular formula is C60H45N3. The van der Waals surface area contributed by atoms with Gasteiger partial charge in [-0.25, -0.2) is 0 Å². The highest BCUT2D eigenvalue weighted by molar-refractivity contribution is 5.84. The SMILES string of the molecule is c1ccc(C(Cc2ccc(-c3ccc(-c4ccc(N(c5ccccc5)c5ccc(-n6ccc7ccccc76)cc5)cc4)cc3)cc2)c2ccc(-n3ccc4ccccc43)cc2)cc1. The lowest BCUT2D eigenvalue weighted by atomic mass is 9.85. The molecule has 0 aliphatic rings. The van der Waals surface area contributed by atoms with Gasteiger partial charge in [-0.2, -0.15) is 0 Å². The monoisotopic (exact) mass is 807 g/mol. The van der Waals surface area contributed by atoms with Gasteiger partial charge in [0.2, 0.25) is 0 Å². The average Bonchev–Trinajstić information content (AvgIpc) is 4.00. The van der Waals surface area contributed by atoms with Gasteiger partial charge >= 0.3 is 0 Å². The number of hydrogen-bond donors (Lipinski definition) is 0. The maximum absolute atomic E-state index is 2.32. The maximum atomic E-state index is 2.32. The van der Waals surface area contributed by atoms with Crippen LogP contribution in [0.3, 0.4) is 0 Å². The molecule has 2 aromatic heterocycles. The first kappa shape index (κ1) is 37.8. The number of anilines is 3. The van der Waals surface area contributed by atoms with Crippen molar-refractivity contribution in [2.24, 2.45) is 0 Å². The van der Waals surface area contributed by atoms with Crippen LogP contribution in [0.2, 0.25) is 0 Å². The third-order valence-electron chi connectivity index (χ3n) is 12.4. The van der Waals surface area contributed by atoms with E-state index in [1.165, 1.54) is 66.4 Å². The van der Waals surface area contributed by atoms with Crippen molar-refractivity contribution in [2.45, 2.75) is 12.3 Å². The van der Waals surface area contributed by atoms with E-state index in [1.54, 1.807) is 0 Å². The summed E-state index contributed by atoms with van der Waals surface area (Å²) in [7, 11) is 0. The molecule has 0 fully saturated rings. The Labute approximate surface area is 369 Å². The number of aromatic nitrogens is 2. The first-order valence-corrected chi connectivity index (χ1v) is 21.7. The predicted octanol–water partition coefficient (Wildman–Crippen LogP) is 15.8. The van der Waals surface area contributed by atoms with Crippen molar-refractivity contribution in [3.63, 3.8) is 0 Å². The van der Waals surface area contributed by atoms with Gasteiger partial charge in [-0.1, -0.05) is 158 Å². The molecule has 0 saturated heterocycles. The minimum Gasteiger partial charge on any atom is -0.317 e. The molecule has 1 atom stereocenters. The molecule has 11 rings (SSSR count). The number of rotatable bonds is 11. The van der Waals surface area contributed by atoms with E-state index in [2.05, 4.69) is 269 Å². The Kier molecular flexibility index (Phi) is 10.0. The van der Waals surface area contributed by atoms with Crippen LogP contribution >= 0.6 is 0 Å². The molecule has 11 aromatic rings. The Hall–Kier alpha value is -8.14. The van der Waals surface area contributed by atoms with Gasteiger partial charge in [0.15, 0.2) is 0 Å². The third kappa shape index (κ3) is 7.62. The molecule has 3 heteroatoms. The molecule has 0 radical (unpaired) electrons. The number of nitrogens with zero attached hydrogens (tertiary/aromatic N) is 3. The maximum Gasteiger partial charge on any atom is 0.0528 e. The Morgan fingerprint density at radius 2 is 0.698 bits per heavy atom. The minimum atomic E-state index is 0.245. The predicted molar refractivity (Wildman–Crippen MR) is 264 cm³/mol. The van der Waals surface area contributed by atoms with E-state index in [-0.39, 0.29) is 5.92 Å².